The molecule has 3 atom stereocenters. The maximum atomic E-state index is 16.4. The highest BCUT2D eigenvalue weighted by atomic mass is 35.5. The van der Waals surface area contributed by atoms with E-state index < -0.39 is 29.2 Å². The lowest BCUT2D eigenvalue weighted by molar-refractivity contribution is 0.0521. The molecule has 3 N–H and O–H groups in total. The third kappa shape index (κ3) is 3.74. The summed E-state index contributed by atoms with van der Waals surface area (Å²) in [6, 6.07) is 12.7. The number of carbonyl (C=O) groups is 1. The van der Waals surface area contributed by atoms with Crippen LogP contribution < -0.4 is 15.4 Å². The monoisotopic (exact) mass is 550 g/mol. The van der Waals surface area contributed by atoms with Gasteiger partial charge in [0.25, 0.3) is 5.91 Å². The first-order chi connectivity index (χ1) is 18.7. The van der Waals surface area contributed by atoms with Crippen molar-refractivity contribution in [3.63, 3.8) is 0 Å². The van der Waals surface area contributed by atoms with Crippen LogP contribution in [0.3, 0.4) is 0 Å². The van der Waals surface area contributed by atoms with Crippen molar-refractivity contribution in [3.05, 3.63) is 86.9 Å². The Morgan fingerprint density at radius 3 is 2.59 bits per heavy atom. The van der Waals surface area contributed by atoms with Gasteiger partial charge in [0.2, 0.25) is 0 Å². The van der Waals surface area contributed by atoms with Crippen LogP contribution in [0, 0.1) is 17.0 Å². The molecule has 5 nitrogen and oxygen atoms in total. The molecule has 0 radical (unpaired) electrons. The van der Waals surface area contributed by atoms with Crippen molar-refractivity contribution in [2.75, 3.05) is 13.6 Å². The number of rotatable bonds is 4. The Morgan fingerprint density at radius 2 is 1.90 bits per heavy atom. The van der Waals surface area contributed by atoms with Gasteiger partial charge in [0.15, 0.2) is 5.60 Å². The van der Waals surface area contributed by atoms with E-state index in [0.717, 1.165) is 18.5 Å². The second-order valence-corrected chi connectivity index (χ2v) is 12.0. The van der Waals surface area contributed by atoms with Gasteiger partial charge in [-0.1, -0.05) is 41.9 Å². The van der Waals surface area contributed by atoms with E-state index in [1.807, 2.05) is 30.3 Å². The van der Waals surface area contributed by atoms with Crippen LogP contribution in [-0.2, 0) is 24.9 Å². The fourth-order valence-corrected chi connectivity index (χ4v) is 7.27. The Balaban J connectivity index is 1.45. The van der Waals surface area contributed by atoms with E-state index in [-0.39, 0.29) is 46.0 Å². The highest BCUT2D eigenvalue weighted by Gasteiger charge is 2.58. The highest BCUT2D eigenvalue weighted by Crippen LogP contribution is 2.58. The molecule has 7 rings (SSSR count). The van der Waals surface area contributed by atoms with Gasteiger partial charge in [-0.25, -0.2) is 8.78 Å². The van der Waals surface area contributed by atoms with Crippen LogP contribution in [0.4, 0.5) is 8.78 Å². The van der Waals surface area contributed by atoms with Crippen LogP contribution in [0.1, 0.15) is 51.9 Å². The minimum Gasteiger partial charge on any atom is -0.480 e. The number of halogens is 3. The van der Waals surface area contributed by atoms with Gasteiger partial charge in [-0.3, -0.25) is 4.79 Å². The summed E-state index contributed by atoms with van der Waals surface area (Å²) in [4.78, 5) is 13.1. The molecule has 3 aromatic carbocycles. The summed E-state index contributed by atoms with van der Waals surface area (Å²) in [5, 5.41) is 16.3. The Morgan fingerprint density at radius 1 is 1.13 bits per heavy atom. The number of carbonyl (C=O) groups excluding carboxylic acids is 1. The Bertz CT molecular complexity index is 1520. The number of ether oxygens (including phenoxy) is 1. The van der Waals surface area contributed by atoms with E-state index in [2.05, 4.69) is 10.6 Å². The lowest BCUT2D eigenvalue weighted by atomic mass is 9.79. The number of hydrogen-bond donors (Lipinski definition) is 3. The number of amides is 1. The zero-order valence-electron chi connectivity index (χ0n) is 21.5. The molecule has 202 valence electrons. The Labute approximate surface area is 230 Å². The van der Waals surface area contributed by atoms with Gasteiger partial charge < -0.3 is 20.5 Å². The van der Waals surface area contributed by atoms with Crippen molar-refractivity contribution in [2.24, 2.45) is 5.41 Å². The zero-order chi connectivity index (χ0) is 27.1. The van der Waals surface area contributed by atoms with E-state index >= 15 is 8.78 Å². The Kier molecular flexibility index (Phi) is 5.61. The van der Waals surface area contributed by atoms with Gasteiger partial charge in [0.1, 0.15) is 17.4 Å². The fourth-order valence-electron chi connectivity index (χ4n) is 7.01. The number of aliphatic hydroxyl groups is 1. The second-order valence-electron chi connectivity index (χ2n) is 11.6. The molecule has 8 heteroatoms. The summed E-state index contributed by atoms with van der Waals surface area (Å²) >= 11 is 6.64. The van der Waals surface area contributed by atoms with Gasteiger partial charge in [-0.2, -0.15) is 0 Å². The zero-order valence-corrected chi connectivity index (χ0v) is 22.3. The molecule has 1 spiro atoms. The molecule has 39 heavy (non-hydrogen) atoms. The molecule has 3 aromatic rings. The summed E-state index contributed by atoms with van der Waals surface area (Å²) in [6.45, 7) is 0.899. The van der Waals surface area contributed by atoms with Crippen LogP contribution >= 0.6 is 11.6 Å². The molecule has 2 aliphatic heterocycles. The average molecular weight is 551 g/mol. The van der Waals surface area contributed by atoms with Crippen LogP contribution in [0.15, 0.2) is 42.5 Å². The van der Waals surface area contributed by atoms with Crippen molar-refractivity contribution in [1.29, 1.82) is 0 Å². The van der Waals surface area contributed by atoms with Crippen molar-refractivity contribution >= 4 is 17.5 Å². The smallest absolute Gasteiger partial charge is 0.251 e. The van der Waals surface area contributed by atoms with E-state index in [0.29, 0.717) is 28.9 Å². The first-order valence-electron chi connectivity index (χ1n) is 13.5. The first-order valence-corrected chi connectivity index (χ1v) is 13.9. The first kappa shape index (κ1) is 25.0. The van der Waals surface area contributed by atoms with Gasteiger partial charge in [-0.15, -0.1) is 0 Å². The molecule has 2 fully saturated rings. The predicted molar refractivity (Wildman–Crippen MR) is 144 cm³/mol. The highest BCUT2D eigenvalue weighted by molar-refractivity contribution is 6.34. The molecular weight excluding hydrogens is 522 g/mol. The summed E-state index contributed by atoms with van der Waals surface area (Å²) in [7, 11) is 1.46. The van der Waals surface area contributed by atoms with Crippen LogP contribution in [0.2, 0.25) is 5.02 Å². The average Bonchev–Trinajstić information content (AvgIpc) is 3.22. The number of nitrogens with one attached hydrogen (secondary N) is 2. The van der Waals surface area contributed by atoms with E-state index in [1.54, 1.807) is 6.07 Å². The molecule has 0 unspecified atom stereocenters. The maximum absolute atomic E-state index is 16.4. The normalized spacial score (nSPS) is 25.9. The third-order valence-corrected chi connectivity index (χ3v) is 9.61. The topological polar surface area (TPSA) is 70.6 Å². The van der Waals surface area contributed by atoms with Crippen molar-refractivity contribution < 1.29 is 23.4 Å². The summed E-state index contributed by atoms with van der Waals surface area (Å²) < 4.78 is 38.6. The van der Waals surface area contributed by atoms with Crippen molar-refractivity contribution in [2.45, 2.75) is 56.3 Å². The van der Waals surface area contributed by atoms with Gasteiger partial charge in [-0.05, 0) is 53.9 Å². The van der Waals surface area contributed by atoms with Crippen molar-refractivity contribution in [1.82, 2.24) is 10.6 Å². The van der Waals surface area contributed by atoms with Crippen molar-refractivity contribution in [3.8, 4) is 16.9 Å². The Hall–Kier alpha value is -3.00. The number of hydrogen-bond acceptors (Lipinski definition) is 4. The lowest BCUT2D eigenvalue weighted by Gasteiger charge is -2.35. The number of benzene rings is 3. The SMILES string of the molecule is CNC(=O)c1cc2c(c(F)c1-c1c(Cl)c(F)cc3c1C[C@](c1ccccc1)([C@@H]1CC4(CC4)CN1)O3)C[C@H](O)C2. The number of aliphatic hydroxyl groups excluding tert-OH is 1. The van der Waals surface area contributed by atoms with Gasteiger partial charge >= 0.3 is 0 Å². The van der Waals surface area contributed by atoms with Crippen LogP contribution in [0.5, 0.6) is 5.75 Å². The molecule has 0 aromatic heterocycles. The second kappa shape index (κ2) is 8.75. The largest absolute Gasteiger partial charge is 0.480 e. The van der Waals surface area contributed by atoms with E-state index in [4.69, 9.17) is 16.3 Å². The molecule has 0 bridgehead atoms. The minimum absolute atomic E-state index is 0.0390. The summed E-state index contributed by atoms with van der Waals surface area (Å²) in [6.07, 6.45) is 3.23. The lowest BCUT2D eigenvalue weighted by Crippen LogP contribution is -2.48. The summed E-state index contributed by atoms with van der Waals surface area (Å²) in [5.74, 6) is -1.60. The van der Waals surface area contributed by atoms with Gasteiger partial charge in [0, 0.05) is 49.2 Å². The van der Waals surface area contributed by atoms with Gasteiger partial charge in [0.05, 0.1) is 22.7 Å². The standard InChI is InChI=1S/C31H29ClF2N2O3/c1-35-29(38)20-10-16-9-18(37)11-19(16)28(34)26(20)25-21-13-31(17-5-3-2-4-6-17,24-14-30(7-8-30)15-36-24)39-23(21)12-22(33)27(25)32/h2-6,10,12,18,24,36-37H,7-9,11,13-15H2,1H3,(H,35,38)/t18-,24+,31+/m1/s1. The fraction of sp³-hybridized carbons (Fsp3) is 0.387. The van der Waals surface area contributed by atoms with Crippen LogP contribution in [-0.4, -0.2) is 36.8 Å². The quantitative estimate of drug-likeness (QED) is 0.424. The van der Waals surface area contributed by atoms with E-state index in [1.165, 1.54) is 26.0 Å². The summed E-state index contributed by atoms with van der Waals surface area (Å²) in [5.41, 5.74) is 2.01. The molecule has 1 amide bonds. The molecule has 2 heterocycles. The molecule has 4 aliphatic rings. The number of fused-ring (bicyclic) bond motifs is 2. The molecule has 2 aliphatic carbocycles. The maximum Gasteiger partial charge on any atom is 0.251 e. The molecule has 1 saturated carbocycles. The van der Waals surface area contributed by atoms with E-state index in [9.17, 15) is 9.90 Å². The minimum atomic E-state index is -0.849. The third-order valence-electron chi connectivity index (χ3n) is 9.24. The molecule has 1 saturated heterocycles. The molecular formula is C31H29ClF2N2O3. The predicted octanol–water partition coefficient (Wildman–Crippen LogP) is 5.08. The van der Waals surface area contributed by atoms with Crippen LogP contribution in [0.25, 0.3) is 11.1 Å².